The van der Waals surface area contributed by atoms with Gasteiger partial charge in [0.15, 0.2) is 0 Å². The van der Waals surface area contributed by atoms with Crippen molar-refractivity contribution in [2.24, 2.45) is 0 Å². The zero-order valence-corrected chi connectivity index (χ0v) is 14.7. The van der Waals surface area contributed by atoms with Crippen molar-refractivity contribution >= 4 is 42.8 Å². The Morgan fingerprint density at radius 2 is 1.82 bits per heavy atom. The Morgan fingerprint density at radius 1 is 1.12 bits per heavy atom. The lowest BCUT2D eigenvalue weighted by Crippen LogP contribution is -2.23. The maximum atomic E-state index is 3.43. The summed E-state index contributed by atoms with van der Waals surface area (Å²) in [6.07, 6.45) is 2.39. The second kappa shape index (κ2) is 8.48. The third-order valence-corrected chi connectivity index (χ3v) is 3.06. The summed E-state index contributed by atoms with van der Waals surface area (Å²) in [4.78, 5) is 0. The molecule has 94 valence electrons. The molecular formula is C14H19I2N. The number of fused-ring (bicyclic) bond motifs is 2. The van der Waals surface area contributed by atoms with Crippen molar-refractivity contribution < 1.29 is 0 Å². The van der Waals surface area contributed by atoms with E-state index < -0.39 is 0 Å². The van der Waals surface area contributed by atoms with Crippen molar-refractivity contribution in [3.05, 3.63) is 41.0 Å². The van der Waals surface area contributed by atoms with E-state index in [-0.39, 0.29) is 0 Å². The Bertz CT molecular complexity index is 386. The summed E-state index contributed by atoms with van der Waals surface area (Å²) in [7, 11) is 0. The Morgan fingerprint density at radius 3 is 2.59 bits per heavy atom. The summed E-state index contributed by atoms with van der Waals surface area (Å²) in [5.41, 5.74) is 6.28. The van der Waals surface area contributed by atoms with Gasteiger partial charge in [-0.05, 0) is 41.7 Å². The van der Waals surface area contributed by atoms with Crippen molar-refractivity contribution in [2.45, 2.75) is 26.7 Å². The highest BCUT2D eigenvalue weighted by Gasteiger charge is 2.22. The topological polar surface area (TPSA) is 12.0 Å². The summed E-state index contributed by atoms with van der Waals surface area (Å²) in [5, 5.41) is 3.43. The highest BCUT2D eigenvalue weighted by atomic mass is 128. The number of halogens is 2. The molecule has 3 heteroatoms. The lowest BCUT2D eigenvalue weighted by Gasteiger charge is -2.15. The number of hydrogen-bond donors (Lipinski definition) is 1. The molecule has 0 saturated heterocycles. The van der Waals surface area contributed by atoms with Gasteiger partial charge in [0.1, 0.15) is 0 Å². The molecule has 0 bridgehead atoms. The lowest BCUT2D eigenvalue weighted by atomic mass is 10.0. The van der Waals surface area contributed by atoms with Crippen LogP contribution >= 0.6 is 37.2 Å². The molecule has 3 rings (SSSR count). The molecule has 2 aliphatic rings. The summed E-state index contributed by atoms with van der Waals surface area (Å²) >= 11 is 4.24. The molecule has 1 aromatic carbocycles. The third-order valence-electron chi connectivity index (χ3n) is 3.06. The van der Waals surface area contributed by atoms with Crippen LogP contribution in [0.25, 0.3) is 5.57 Å². The first-order chi connectivity index (χ1) is 8.45. The van der Waals surface area contributed by atoms with Gasteiger partial charge in [0.25, 0.3) is 0 Å². The predicted molar refractivity (Wildman–Crippen MR) is 93.9 cm³/mol. The third kappa shape index (κ3) is 3.67. The highest BCUT2D eigenvalue weighted by Crippen LogP contribution is 2.35. The summed E-state index contributed by atoms with van der Waals surface area (Å²) < 4.78 is 0. The van der Waals surface area contributed by atoms with E-state index in [1.54, 1.807) is 11.1 Å². The smallest absolute Gasteiger partial charge is 0.0174 e. The second-order valence-electron chi connectivity index (χ2n) is 3.84. The van der Waals surface area contributed by atoms with Gasteiger partial charge < -0.3 is 5.32 Å². The van der Waals surface area contributed by atoms with Gasteiger partial charge in [0.2, 0.25) is 0 Å². The normalized spacial score (nSPS) is 16.0. The van der Waals surface area contributed by atoms with Crippen LogP contribution in [0.5, 0.6) is 0 Å². The standard InChI is InChI=1S/C12H13N.C2H6.I2/c1-2-4-11-9(3-1)7-10-8-13-6-5-12(10)11;2*1-2/h1-4,13H,5-8H2;1-2H3;. The van der Waals surface area contributed by atoms with Crippen LogP contribution in [-0.2, 0) is 6.42 Å². The quantitative estimate of drug-likeness (QED) is 0.556. The van der Waals surface area contributed by atoms with Gasteiger partial charge in [-0.3, -0.25) is 0 Å². The van der Waals surface area contributed by atoms with E-state index in [0.29, 0.717) is 0 Å². The van der Waals surface area contributed by atoms with Crippen LogP contribution in [-0.4, -0.2) is 13.1 Å². The fourth-order valence-corrected chi connectivity index (χ4v) is 2.43. The van der Waals surface area contributed by atoms with Crippen molar-refractivity contribution in [3.8, 4) is 0 Å². The Balaban J connectivity index is 0.000000330. The lowest BCUT2D eigenvalue weighted by molar-refractivity contribution is 0.711. The van der Waals surface area contributed by atoms with Gasteiger partial charge in [-0.2, -0.15) is 0 Å². The first kappa shape index (κ1) is 15.4. The summed E-state index contributed by atoms with van der Waals surface area (Å²) in [6, 6.07) is 8.82. The molecule has 1 aliphatic carbocycles. The van der Waals surface area contributed by atoms with E-state index in [1.807, 2.05) is 13.8 Å². The van der Waals surface area contributed by atoms with E-state index in [9.17, 15) is 0 Å². The van der Waals surface area contributed by atoms with Gasteiger partial charge in [0, 0.05) is 43.8 Å². The molecule has 0 unspecified atom stereocenters. The van der Waals surface area contributed by atoms with E-state index in [4.69, 9.17) is 0 Å². The highest BCUT2D eigenvalue weighted by molar-refractivity contribution is 15.0. The zero-order chi connectivity index (χ0) is 12.7. The van der Waals surface area contributed by atoms with Gasteiger partial charge in [-0.15, -0.1) is 0 Å². The van der Waals surface area contributed by atoms with Crippen LogP contribution in [0.2, 0.25) is 0 Å². The van der Waals surface area contributed by atoms with Gasteiger partial charge in [0.05, 0.1) is 0 Å². The van der Waals surface area contributed by atoms with Crippen molar-refractivity contribution in [1.29, 1.82) is 0 Å². The van der Waals surface area contributed by atoms with Crippen LogP contribution in [0, 0.1) is 0 Å². The number of hydrogen-bond acceptors (Lipinski definition) is 1. The Kier molecular flexibility index (Phi) is 7.70. The van der Waals surface area contributed by atoms with Crippen LogP contribution in [0.4, 0.5) is 0 Å². The minimum Gasteiger partial charge on any atom is -0.313 e. The fourth-order valence-electron chi connectivity index (χ4n) is 2.43. The van der Waals surface area contributed by atoms with E-state index in [2.05, 4.69) is 66.8 Å². The van der Waals surface area contributed by atoms with Crippen LogP contribution in [0.3, 0.4) is 0 Å². The largest absolute Gasteiger partial charge is 0.313 e. The molecule has 1 aliphatic heterocycles. The zero-order valence-electron chi connectivity index (χ0n) is 10.4. The molecule has 17 heavy (non-hydrogen) atoms. The van der Waals surface area contributed by atoms with Crippen molar-refractivity contribution in [1.82, 2.24) is 5.32 Å². The maximum absolute atomic E-state index is 3.43. The minimum atomic E-state index is 1.10. The molecular weight excluding hydrogens is 436 g/mol. The van der Waals surface area contributed by atoms with Crippen LogP contribution in [0.15, 0.2) is 29.8 Å². The summed E-state index contributed by atoms with van der Waals surface area (Å²) in [6.45, 7) is 6.25. The number of benzene rings is 1. The van der Waals surface area contributed by atoms with Crippen molar-refractivity contribution in [3.63, 3.8) is 0 Å². The monoisotopic (exact) mass is 455 g/mol. The first-order valence-electron chi connectivity index (χ1n) is 6.09. The molecule has 1 N–H and O–H groups in total. The average Bonchev–Trinajstić information content (AvgIpc) is 2.82. The van der Waals surface area contributed by atoms with Crippen LogP contribution < -0.4 is 5.32 Å². The Labute approximate surface area is 128 Å². The summed E-state index contributed by atoms with van der Waals surface area (Å²) in [5.74, 6) is 0. The molecule has 0 radical (unpaired) electrons. The molecule has 0 spiro atoms. The fraction of sp³-hybridized carbons (Fsp3) is 0.429. The molecule has 1 aromatic rings. The number of nitrogens with one attached hydrogen (secondary N) is 1. The SMILES string of the molecule is CC.II.c1ccc2c(c1)CC1=C2CCNC1. The predicted octanol–water partition coefficient (Wildman–Crippen LogP) is 4.79. The number of rotatable bonds is 0. The van der Waals surface area contributed by atoms with Gasteiger partial charge >= 0.3 is 0 Å². The first-order valence-corrected chi connectivity index (χ1v) is 12.4. The van der Waals surface area contributed by atoms with E-state index in [1.165, 1.54) is 24.0 Å². The molecule has 0 aromatic heterocycles. The van der Waals surface area contributed by atoms with Crippen molar-refractivity contribution in [2.75, 3.05) is 13.1 Å². The van der Waals surface area contributed by atoms with Crippen LogP contribution in [0.1, 0.15) is 31.4 Å². The van der Waals surface area contributed by atoms with E-state index >= 15 is 0 Å². The van der Waals surface area contributed by atoms with E-state index in [0.717, 1.165) is 13.1 Å². The average molecular weight is 455 g/mol. The molecule has 0 fully saturated rings. The molecule has 1 heterocycles. The van der Waals surface area contributed by atoms with Gasteiger partial charge in [-0.25, -0.2) is 0 Å². The molecule has 1 nitrogen and oxygen atoms in total. The Hall–Kier alpha value is 0.380. The second-order valence-corrected chi connectivity index (χ2v) is 3.84. The molecule has 0 amide bonds. The molecule has 0 atom stereocenters. The molecule has 0 saturated carbocycles. The van der Waals surface area contributed by atoms with Gasteiger partial charge in [-0.1, -0.05) is 38.1 Å². The minimum absolute atomic E-state index is 1.10. The maximum Gasteiger partial charge on any atom is 0.0174 e.